The molecule has 4 nitrogen and oxygen atoms in total. The molecule has 0 bridgehead atoms. The fourth-order valence-corrected chi connectivity index (χ4v) is 2.57. The highest BCUT2D eigenvalue weighted by Crippen LogP contribution is 2.21. The summed E-state index contributed by atoms with van der Waals surface area (Å²) in [5, 5.41) is 0. The first-order valence-electron chi connectivity index (χ1n) is 7.00. The molecule has 0 atom stereocenters. The third-order valence-corrected chi connectivity index (χ3v) is 3.73. The maximum atomic E-state index is 12.0. The van der Waals surface area contributed by atoms with Crippen LogP contribution in [-0.4, -0.2) is 28.9 Å². The summed E-state index contributed by atoms with van der Waals surface area (Å²) in [4.78, 5) is 18.0. The zero-order valence-corrected chi connectivity index (χ0v) is 11.4. The van der Waals surface area contributed by atoms with E-state index in [1.807, 2.05) is 35.4 Å². The largest absolute Gasteiger partial charge is 0.469 e. The Kier molecular flexibility index (Phi) is 3.81. The molecular weight excluding hydrogens is 252 g/mol. The van der Waals surface area contributed by atoms with Crippen LogP contribution in [0.1, 0.15) is 17.7 Å². The SMILES string of the molecule is O=C(CCc1cccnc1)N1CC(Cc2ccco2)C1. The van der Waals surface area contributed by atoms with Crippen LogP contribution in [0.25, 0.3) is 0 Å². The number of carbonyl (C=O) groups is 1. The van der Waals surface area contributed by atoms with Crippen LogP contribution in [0.5, 0.6) is 0 Å². The van der Waals surface area contributed by atoms with Gasteiger partial charge in [0.05, 0.1) is 6.26 Å². The molecule has 1 aliphatic heterocycles. The van der Waals surface area contributed by atoms with Gasteiger partial charge in [0, 0.05) is 44.2 Å². The van der Waals surface area contributed by atoms with Crippen molar-refractivity contribution in [2.45, 2.75) is 19.3 Å². The van der Waals surface area contributed by atoms with E-state index < -0.39 is 0 Å². The third-order valence-electron chi connectivity index (χ3n) is 3.73. The lowest BCUT2D eigenvalue weighted by atomic mass is 9.94. The summed E-state index contributed by atoms with van der Waals surface area (Å²) in [6, 6.07) is 7.82. The summed E-state index contributed by atoms with van der Waals surface area (Å²) in [7, 11) is 0. The number of pyridine rings is 1. The van der Waals surface area contributed by atoms with Crippen molar-refractivity contribution in [2.75, 3.05) is 13.1 Å². The van der Waals surface area contributed by atoms with E-state index in [4.69, 9.17) is 4.42 Å². The van der Waals surface area contributed by atoms with Crippen molar-refractivity contribution in [3.8, 4) is 0 Å². The van der Waals surface area contributed by atoms with E-state index >= 15 is 0 Å². The minimum absolute atomic E-state index is 0.240. The number of rotatable bonds is 5. The highest BCUT2D eigenvalue weighted by molar-refractivity contribution is 5.77. The van der Waals surface area contributed by atoms with Crippen molar-refractivity contribution in [1.82, 2.24) is 9.88 Å². The maximum Gasteiger partial charge on any atom is 0.222 e. The Hall–Kier alpha value is -2.10. The Morgan fingerprint density at radius 3 is 2.95 bits per heavy atom. The lowest BCUT2D eigenvalue weighted by molar-refractivity contribution is -0.137. The van der Waals surface area contributed by atoms with E-state index in [1.54, 1.807) is 12.5 Å². The lowest BCUT2D eigenvalue weighted by Crippen LogP contribution is -2.50. The van der Waals surface area contributed by atoms with Gasteiger partial charge in [-0.05, 0) is 30.2 Å². The van der Waals surface area contributed by atoms with Gasteiger partial charge in [-0.25, -0.2) is 0 Å². The molecule has 0 aromatic carbocycles. The van der Waals surface area contributed by atoms with E-state index in [9.17, 15) is 4.79 Å². The van der Waals surface area contributed by atoms with Crippen LogP contribution in [0.4, 0.5) is 0 Å². The molecule has 20 heavy (non-hydrogen) atoms. The molecule has 1 aliphatic rings. The van der Waals surface area contributed by atoms with Crippen molar-refractivity contribution in [2.24, 2.45) is 5.92 Å². The zero-order chi connectivity index (χ0) is 13.8. The van der Waals surface area contributed by atoms with E-state index in [0.717, 1.165) is 37.3 Å². The van der Waals surface area contributed by atoms with Gasteiger partial charge in [0.15, 0.2) is 0 Å². The van der Waals surface area contributed by atoms with Gasteiger partial charge in [-0.3, -0.25) is 9.78 Å². The first-order valence-corrected chi connectivity index (χ1v) is 7.00. The second kappa shape index (κ2) is 5.90. The first kappa shape index (κ1) is 12.9. The van der Waals surface area contributed by atoms with Gasteiger partial charge in [0.2, 0.25) is 5.91 Å². The molecule has 2 aromatic rings. The van der Waals surface area contributed by atoms with Crippen molar-refractivity contribution < 1.29 is 9.21 Å². The minimum Gasteiger partial charge on any atom is -0.469 e. The summed E-state index contributed by atoms with van der Waals surface area (Å²) in [6.07, 6.45) is 7.54. The molecule has 3 rings (SSSR count). The molecular formula is C16H18N2O2. The molecule has 0 saturated carbocycles. The number of hydrogen-bond donors (Lipinski definition) is 0. The number of amides is 1. The predicted molar refractivity (Wildman–Crippen MR) is 75.0 cm³/mol. The van der Waals surface area contributed by atoms with Crippen LogP contribution >= 0.6 is 0 Å². The molecule has 2 aromatic heterocycles. The van der Waals surface area contributed by atoms with E-state index in [1.165, 1.54) is 0 Å². The summed E-state index contributed by atoms with van der Waals surface area (Å²) in [5.41, 5.74) is 1.12. The molecule has 0 radical (unpaired) electrons. The molecule has 0 aliphatic carbocycles. The van der Waals surface area contributed by atoms with Crippen LogP contribution in [0.2, 0.25) is 0 Å². The number of likely N-dealkylation sites (tertiary alicyclic amines) is 1. The fourth-order valence-electron chi connectivity index (χ4n) is 2.57. The lowest BCUT2D eigenvalue weighted by Gasteiger charge is -2.39. The fraction of sp³-hybridized carbons (Fsp3) is 0.375. The smallest absolute Gasteiger partial charge is 0.222 e. The first-order chi connectivity index (χ1) is 9.81. The van der Waals surface area contributed by atoms with Gasteiger partial charge in [-0.1, -0.05) is 6.07 Å². The molecule has 0 N–H and O–H groups in total. The Morgan fingerprint density at radius 1 is 1.35 bits per heavy atom. The van der Waals surface area contributed by atoms with Crippen LogP contribution < -0.4 is 0 Å². The van der Waals surface area contributed by atoms with Crippen LogP contribution in [0.15, 0.2) is 47.3 Å². The Labute approximate surface area is 118 Å². The Bertz CT molecular complexity index is 545. The van der Waals surface area contributed by atoms with Gasteiger partial charge in [-0.2, -0.15) is 0 Å². The normalized spacial score (nSPS) is 15.1. The monoisotopic (exact) mass is 270 g/mol. The summed E-state index contributed by atoms with van der Waals surface area (Å²) >= 11 is 0. The zero-order valence-electron chi connectivity index (χ0n) is 11.4. The van der Waals surface area contributed by atoms with Crippen molar-refractivity contribution >= 4 is 5.91 Å². The number of aryl methyl sites for hydroxylation is 1. The molecule has 0 unspecified atom stereocenters. The molecule has 0 spiro atoms. The average Bonchev–Trinajstić information content (AvgIpc) is 2.94. The number of hydrogen-bond acceptors (Lipinski definition) is 3. The van der Waals surface area contributed by atoms with Crippen molar-refractivity contribution in [3.05, 3.63) is 54.2 Å². The van der Waals surface area contributed by atoms with Crippen molar-refractivity contribution in [3.63, 3.8) is 0 Å². The number of carbonyl (C=O) groups excluding carboxylic acids is 1. The van der Waals surface area contributed by atoms with Gasteiger partial charge in [0.25, 0.3) is 0 Å². The number of nitrogens with zero attached hydrogens (tertiary/aromatic N) is 2. The topological polar surface area (TPSA) is 46.3 Å². The average molecular weight is 270 g/mol. The molecule has 3 heterocycles. The molecule has 104 valence electrons. The Morgan fingerprint density at radius 2 is 2.25 bits per heavy atom. The Balaban J connectivity index is 1.40. The second-order valence-corrected chi connectivity index (χ2v) is 5.31. The molecule has 1 amide bonds. The van der Waals surface area contributed by atoms with E-state index in [-0.39, 0.29) is 5.91 Å². The van der Waals surface area contributed by atoms with Crippen LogP contribution in [0.3, 0.4) is 0 Å². The van der Waals surface area contributed by atoms with E-state index in [2.05, 4.69) is 4.98 Å². The predicted octanol–water partition coefficient (Wildman–Crippen LogP) is 2.31. The molecule has 4 heteroatoms. The maximum absolute atomic E-state index is 12.0. The van der Waals surface area contributed by atoms with Crippen LogP contribution in [0, 0.1) is 5.92 Å². The number of aromatic nitrogens is 1. The third kappa shape index (κ3) is 3.07. The van der Waals surface area contributed by atoms with Crippen LogP contribution in [-0.2, 0) is 17.6 Å². The number of furan rings is 1. The van der Waals surface area contributed by atoms with Gasteiger partial charge in [-0.15, -0.1) is 0 Å². The van der Waals surface area contributed by atoms with Gasteiger partial charge >= 0.3 is 0 Å². The highest BCUT2D eigenvalue weighted by atomic mass is 16.3. The summed E-state index contributed by atoms with van der Waals surface area (Å²) < 4.78 is 5.33. The van der Waals surface area contributed by atoms with E-state index in [0.29, 0.717) is 12.3 Å². The van der Waals surface area contributed by atoms with Gasteiger partial charge < -0.3 is 9.32 Å². The summed E-state index contributed by atoms with van der Waals surface area (Å²) in [6.45, 7) is 1.71. The standard InChI is InChI=1S/C16H18N2O2/c19-16(6-5-13-3-1-7-17-10-13)18-11-14(12-18)9-15-4-2-8-20-15/h1-4,7-8,10,14H,5-6,9,11-12H2. The highest BCUT2D eigenvalue weighted by Gasteiger charge is 2.30. The minimum atomic E-state index is 0.240. The molecule has 1 saturated heterocycles. The quantitative estimate of drug-likeness (QED) is 0.837. The van der Waals surface area contributed by atoms with Gasteiger partial charge in [0.1, 0.15) is 5.76 Å². The molecule has 1 fully saturated rings. The second-order valence-electron chi connectivity index (χ2n) is 5.31. The van der Waals surface area contributed by atoms with Crippen molar-refractivity contribution in [1.29, 1.82) is 0 Å². The summed E-state index contributed by atoms with van der Waals surface area (Å²) in [5.74, 6) is 1.80.